The van der Waals surface area contributed by atoms with Crippen LogP contribution in [0.15, 0.2) is 12.1 Å². The number of hydrogen-bond donors (Lipinski definition) is 3. The van der Waals surface area contributed by atoms with Crippen LogP contribution in [0.1, 0.15) is 10.4 Å². The number of piperazine rings is 1. The van der Waals surface area contributed by atoms with Crippen LogP contribution in [0.4, 0.5) is 0 Å². The lowest BCUT2D eigenvalue weighted by atomic mass is 10.1. The molecule has 2 rings (SSSR count). The normalized spacial score (nSPS) is 15.4. The zero-order valence-corrected chi connectivity index (χ0v) is 10.1. The number of nitrogens with one attached hydrogen (secondary N) is 1. The molecule has 1 aliphatic heterocycles. The molecule has 0 radical (unpaired) electrons. The summed E-state index contributed by atoms with van der Waals surface area (Å²) < 4.78 is 0. The number of halogens is 1. The molecule has 1 fully saturated rings. The molecular formula is C11H11ClN2O4. The van der Waals surface area contributed by atoms with Crippen molar-refractivity contribution >= 4 is 23.4 Å². The Bertz CT molecular complexity index is 518. The van der Waals surface area contributed by atoms with Gasteiger partial charge in [-0.3, -0.25) is 9.59 Å². The maximum atomic E-state index is 12.1. The summed E-state index contributed by atoms with van der Waals surface area (Å²) in [6.07, 6.45) is 0. The highest BCUT2D eigenvalue weighted by Crippen LogP contribution is 2.31. The first kappa shape index (κ1) is 12.5. The van der Waals surface area contributed by atoms with E-state index < -0.39 is 5.91 Å². The van der Waals surface area contributed by atoms with Crippen LogP contribution in [0.25, 0.3) is 0 Å². The summed E-state index contributed by atoms with van der Waals surface area (Å²) in [5, 5.41) is 21.5. The van der Waals surface area contributed by atoms with Crippen LogP contribution in [-0.4, -0.2) is 46.6 Å². The van der Waals surface area contributed by atoms with Crippen molar-refractivity contribution in [3.63, 3.8) is 0 Å². The van der Waals surface area contributed by atoms with Gasteiger partial charge in [0.1, 0.15) is 11.5 Å². The van der Waals surface area contributed by atoms with Crippen LogP contribution in [0, 0.1) is 0 Å². The minimum atomic E-state index is -0.496. The third kappa shape index (κ3) is 2.33. The highest BCUT2D eigenvalue weighted by atomic mass is 35.5. The maximum Gasteiger partial charge on any atom is 0.258 e. The zero-order chi connectivity index (χ0) is 13.3. The molecule has 0 saturated carbocycles. The quantitative estimate of drug-likeness (QED) is 0.686. The third-order valence-electron chi connectivity index (χ3n) is 2.62. The Labute approximate surface area is 108 Å². The topological polar surface area (TPSA) is 89.9 Å². The summed E-state index contributed by atoms with van der Waals surface area (Å²) >= 11 is 5.69. The minimum Gasteiger partial charge on any atom is -0.507 e. The molecule has 0 spiro atoms. The van der Waals surface area contributed by atoms with E-state index in [1.807, 2.05) is 0 Å². The molecule has 1 saturated heterocycles. The Morgan fingerprint density at radius 2 is 2.06 bits per heavy atom. The fourth-order valence-corrected chi connectivity index (χ4v) is 1.87. The van der Waals surface area contributed by atoms with Gasteiger partial charge in [-0.15, -0.1) is 0 Å². The van der Waals surface area contributed by atoms with Crippen molar-refractivity contribution in [2.75, 3.05) is 19.6 Å². The minimum absolute atomic E-state index is 0.0300. The molecule has 1 heterocycles. The summed E-state index contributed by atoms with van der Waals surface area (Å²) in [6.45, 7) is 0.677. The van der Waals surface area contributed by atoms with Crippen LogP contribution in [0.3, 0.4) is 0 Å². The van der Waals surface area contributed by atoms with E-state index in [4.69, 9.17) is 11.6 Å². The van der Waals surface area contributed by atoms with Gasteiger partial charge in [0.15, 0.2) is 0 Å². The first-order valence-electron chi connectivity index (χ1n) is 5.26. The lowest BCUT2D eigenvalue weighted by Crippen LogP contribution is -2.49. The lowest BCUT2D eigenvalue weighted by Gasteiger charge is -2.27. The van der Waals surface area contributed by atoms with Crippen molar-refractivity contribution in [2.24, 2.45) is 0 Å². The zero-order valence-electron chi connectivity index (χ0n) is 9.31. The van der Waals surface area contributed by atoms with E-state index in [1.165, 1.54) is 11.0 Å². The Hall–Kier alpha value is -1.95. The Kier molecular flexibility index (Phi) is 3.29. The molecule has 1 aromatic rings. The van der Waals surface area contributed by atoms with Crippen molar-refractivity contribution in [3.8, 4) is 11.5 Å². The largest absolute Gasteiger partial charge is 0.507 e. The number of carbonyl (C=O) groups is 2. The lowest BCUT2D eigenvalue weighted by molar-refractivity contribution is -0.123. The van der Waals surface area contributed by atoms with E-state index >= 15 is 0 Å². The van der Waals surface area contributed by atoms with Gasteiger partial charge in [0.25, 0.3) is 5.91 Å². The van der Waals surface area contributed by atoms with Gasteiger partial charge in [0.2, 0.25) is 5.91 Å². The number of carbonyl (C=O) groups excluding carboxylic acids is 2. The average Bonchev–Trinajstić information content (AvgIpc) is 2.33. The van der Waals surface area contributed by atoms with E-state index in [0.29, 0.717) is 13.1 Å². The van der Waals surface area contributed by atoms with Crippen LogP contribution in [-0.2, 0) is 4.79 Å². The van der Waals surface area contributed by atoms with Gasteiger partial charge >= 0.3 is 0 Å². The molecule has 2 amide bonds. The van der Waals surface area contributed by atoms with Crippen molar-refractivity contribution in [3.05, 3.63) is 22.7 Å². The van der Waals surface area contributed by atoms with Gasteiger partial charge in [-0.2, -0.15) is 0 Å². The highest BCUT2D eigenvalue weighted by molar-refractivity contribution is 6.32. The molecular weight excluding hydrogens is 260 g/mol. The predicted octanol–water partition coefficient (Wildman–Crippen LogP) is 0.323. The molecule has 0 atom stereocenters. The van der Waals surface area contributed by atoms with Crippen molar-refractivity contribution in [1.82, 2.24) is 10.2 Å². The number of phenolic OH excluding ortho intramolecular Hbond substituents is 2. The second-order valence-corrected chi connectivity index (χ2v) is 4.30. The van der Waals surface area contributed by atoms with Crippen LogP contribution < -0.4 is 5.32 Å². The summed E-state index contributed by atoms with van der Waals surface area (Å²) in [5.41, 5.74) is -0.0347. The van der Waals surface area contributed by atoms with E-state index in [0.717, 1.165) is 6.07 Å². The van der Waals surface area contributed by atoms with Crippen LogP contribution in [0.5, 0.6) is 11.5 Å². The molecule has 0 unspecified atom stereocenters. The Morgan fingerprint density at radius 1 is 1.33 bits per heavy atom. The highest BCUT2D eigenvalue weighted by Gasteiger charge is 2.25. The monoisotopic (exact) mass is 270 g/mol. The molecule has 1 aliphatic rings. The number of hydrogen-bond acceptors (Lipinski definition) is 4. The summed E-state index contributed by atoms with van der Waals surface area (Å²) in [4.78, 5) is 24.6. The van der Waals surface area contributed by atoms with Gasteiger partial charge in [0, 0.05) is 19.2 Å². The van der Waals surface area contributed by atoms with Crippen molar-refractivity contribution in [2.45, 2.75) is 0 Å². The Balaban J connectivity index is 2.28. The van der Waals surface area contributed by atoms with E-state index in [2.05, 4.69) is 5.32 Å². The number of rotatable bonds is 1. The van der Waals surface area contributed by atoms with Crippen molar-refractivity contribution in [1.29, 1.82) is 0 Å². The smallest absolute Gasteiger partial charge is 0.258 e. The van der Waals surface area contributed by atoms with Crippen LogP contribution in [0.2, 0.25) is 5.02 Å². The van der Waals surface area contributed by atoms with Gasteiger partial charge in [0.05, 0.1) is 17.1 Å². The number of phenols is 2. The third-order valence-corrected chi connectivity index (χ3v) is 2.92. The summed E-state index contributed by atoms with van der Waals surface area (Å²) in [6, 6.07) is 2.18. The summed E-state index contributed by atoms with van der Waals surface area (Å²) in [5.74, 6) is -1.42. The van der Waals surface area contributed by atoms with Crippen molar-refractivity contribution < 1.29 is 19.8 Å². The SMILES string of the molecule is O=C1CN(C(=O)c2cc(Cl)c(O)cc2O)CCN1. The fourth-order valence-electron chi connectivity index (χ4n) is 1.70. The molecule has 1 aromatic carbocycles. The molecule has 7 heteroatoms. The van der Waals surface area contributed by atoms with Gasteiger partial charge in [-0.1, -0.05) is 11.6 Å². The molecule has 0 aliphatic carbocycles. The first-order valence-corrected chi connectivity index (χ1v) is 5.64. The standard InChI is InChI=1S/C11H11ClN2O4/c12-7-3-6(8(15)4-9(7)16)11(18)14-2-1-13-10(17)5-14/h3-4,15-16H,1-2,5H2,(H,13,17). The number of benzene rings is 1. The van der Waals surface area contributed by atoms with Gasteiger partial charge in [-0.25, -0.2) is 0 Å². The first-order chi connectivity index (χ1) is 8.49. The number of nitrogens with zero attached hydrogens (tertiary/aromatic N) is 1. The maximum absolute atomic E-state index is 12.1. The number of amides is 2. The summed E-state index contributed by atoms with van der Waals surface area (Å²) in [7, 11) is 0. The second-order valence-electron chi connectivity index (χ2n) is 3.90. The second kappa shape index (κ2) is 4.73. The fraction of sp³-hybridized carbons (Fsp3) is 0.273. The van der Waals surface area contributed by atoms with Gasteiger partial charge in [-0.05, 0) is 6.07 Å². The van der Waals surface area contributed by atoms with Gasteiger partial charge < -0.3 is 20.4 Å². The molecule has 3 N–H and O–H groups in total. The molecule has 0 aromatic heterocycles. The molecule has 96 valence electrons. The molecule has 0 bridgehead atoms. The van der Waals surface area contributed by atoms with Crippen LogP contribution >= 0.6 is 11.6 Å². The predicted molar refractivity (Wildman–Crippen MR) is 63.7 cm³/mol. The molecule has 6 nitrogen and oxygen atoms in total. The van der Waals surface area contributed by atoms with E-state index in [1.54, 1.807) is 0 Å². The average molecular weight is 271 g/mol. The van der Waals surface area contributed by atoms with E-state index in [-0.39, 0.29) is 34.5 Å². The molecule has 18 heavy (non-hydrogen) atoms. The van der Waals surface area contributed by atoms with E-state index in [9.17, 15) is 19.8 Å². The Morgan fingerprint density at radius 3 is 2.72 bits per heavy atom. The number of aromatic hydroxyl groups is 2.